The summed E-state index contributed by atoms with van der Waals surface area (Å²) in [6.07, 6.45) is 9.22. The number of aliphatic hydroxyl groups is 1. The number of aromatic amines is 1. The van der Waals surface area contributed by atoms with E-state index in [1.165, 1.54) is 22.6 Å². The van der Waals surface area contributed by atoms with Crippen LogP contribution in [0.1, 0.15) is 111 Å². The normalized spacial score (nSPS) is 25.9. The summed E-state index contributed by atoms with van der Waals surface area (Å²) in [4.78, 5) is 42.6. The minimum Gasteiger partial charge on any atom is -0.470 e. The van der Waals surface area contributed by atoms with E-state index in [0.717, 1.165) is 88.5 Å². The van der Waals surface area contributed by atoms with Crippen molar-refractivity contribution in [3.63, 3.8) is 0 Å². The molecule has 6 aliphatic rings. The van der Waals surface area contributed by atoms with Crippen LogP contribution in [0.15, 0.2) is 71.1 Å². The molecule has 19 heteroatoms. The molecule has 5 fully saturated rings. The number of nitro benzene ring substituents is 1. The summed E-state index contributed by atoms with van der Waals surface area (Å²) in [7, 11) is -4.62. The average Bonchev–Trinajstić information content (AvgIpc) is 4.04. The fourth-order valence-corrected chi connectivity index (χ4v) is 14.2. The second-order valence-corrected chi connectivity index (χ2v) is 24.0. The molecular weight excluding hydrogens is 945 g/mol. The highest BCUT2D eigenvalue weighted by atomic mass is 32.2. The Kier molecular flexibility index (Phi) is 12.8. The Morgan fingerprint density at radius 3 is 2.55 bits per heavy atom. The number of fused-ring (bicyclic) bond motifs is 3. The lowest BCUT2D eigenvalue weighted by Gasteiger charge is -2.57. The largest absolute Gasteiger partial charge is 0.470 e. The summed E-state index contributed by atoms with van der Waals surface area (Å²) >= 11 is 1.85. The molecule has 17 nitrogen and oxygen atoms in total. The van der Waals surface area contributed by atoms with Crippen molar-refractivity contribution in [3.05, 3.63) is 92.3 Å². The second-order valence-electron chi connectivity index (χ2n) is 21.4. The zero-order valence-electron chi connectivity index (χ0n) is 40.6. The molecule has 0 radical (unpaired) electrons. The van der Waals surface area contributed by atoms with Gasteiger partial charge >= 0.3 is 0 Å². The van der Waals surface area contributed by atoms with Gasteiger partial charge in [-0.1, -0.05) is 13.8 Å². The van der Waals surface area contributed by atoms with Gasteiger partial charge in [0, 0.05) is 66.9 Å². The number of thiophene rings is 1. The number of sulfonamides is 1. The molecule has 0 unspecified atom stereocenters. The van der Waals surface area contributed by atoms with Crippen molar-refractivity contribution in [1.29, 1.82) is 0 Å². The number of nitrogens with zero attached hydrogens (tertiary/aromatic N) is 5. The molecule has 1 amide bonds. The number of nitro groups is 1. The number of carbonyl (C=O) groups is 1. The molecule has 4 aliphatic heterocycles. The van der Waals surface area contributed by atoms with Gasteiger partial charge in [0.05, 0.1) is 65.2 Å². The SMILES string of the molecule is CC(C)c1sccc1[C@@H]1COCCN1C1CC2(CCN(c3ccc(C(=O)NS(=O)(=O)c4ccc(NCC5CCC(C)(O)CC5)c([N+](=O)[O-])c4)c(N4c5cc6cc[nH]c6nc5O[C@@H]5CCOC[C@H]54)c3)CC2)C1. The van der Waals surface area contributed by atoms with E-state index < -0.39 is 37.0 Å². The molecule has 11 rings (SSSR count). The molecule has 4 N–H and O–H groups in total. The first-order valence-corrected chi connectivity index (χ1v) is 27.6. The number of piperidine rings is 1. The van der Waals surface area contributed by atoms with Crippen LogP contribution in [0.2, 0.25) is 0 Å². The van der Waals surface area contributed by atoms with Crippen LogP contribution in [0.25, 0.3) is 11.0 Å². The summed E-state index contributed by atoms with van der Waals surface area (Å²) in [6, 6.07) is 15.8. The molecule has 5 aromatic rings. The number of pyridine rings is 1. The van der Waals surface area contributed by atoms with Crippen LogP contribution < -0.4 is 24.6 Å². The van der Waals surface area contributed by atoms with E-state index in [4.69, 9.17) is 19.2 Å². The zero-order chi connectivity index (χ0) is 49.2. The summed E-state index contributed by atoms with van der Waals surface area (Å²) in [5.74, 6) is 0.179. The third-order valence-corrected chi connectivity index (χ3v) is 18.9. The summed E-state index contributed by atoms with van der Waals surface area (Å²) in [5.41, 5.74) is 3.47. The van der Waals surface area contributed by atoms with Gasteiger partial charge in [-0.25, -0.2) is 13.1 Å². The highest BCUT2D eigenvalue weighted by molar-refractivity contribution is 7.90. The Balaban J connectivity index is 0.865. The first-order valence-electron chi connectivity index (χ1n) is 25.3. The molecule has 3 atom stereocenters. The molecule has 2 aliphatic carbocycles. The number of morpholine rings is 1. The van der Waals surface area contributed by atoms with Crippen molar-refractivity contribution in [2.24, 2.45) is 11.3 Å². The van der Waals surface area contributed by atoms with Gasteiger partial charge in [0.2, 0.25) is 5.88 Å². The Morgan fingerprint density at radius 1 is 0.986 bits per heavy atom. The number of hydrogen-bond donors (Lipinski definition) is 4. The predicted octanol–water partition coefficient (Wildman–Crippen LogP) is 8.64. The molecule has 1 spiro atoms. The van der Waals surface area contributed by atoms with E-state index in [0.29, 0.717) is 73.9 Å². The monoisotopic (exact) mass is 1010 g/mol. The number of hydrogen-bond acceptors (Lipinski definition) is 15. The van der Waals surface area contributed by atoms with E-state index in [1.54, 1.807) is 6.07 Å². The number of amides is 1. The van der Waals surface area contributed by atoms with Crippen LogP contribution in [0.3, 0.4) is 0 Å². The Bertz CT molecular complexity index is 2910. The van der Waals surface area contributed by atoms with Gasteiger partial charge in [0.1, 0.15) is 23.1 Å². The second kappa shape index (κ2) is 18.9. The van der Waals surface area contributed by atoms with Gasteiger partial charge in [0.25, 0.3) is 21.6 Å². The number of H-pyrrole nitrogens is 1. The zero-order valence-corrected chi connectivity index (χ0v) is 42.2. The van der Waals surface area contributed by atoms with Crippen LogP contribution in [0.5, 0.6) is 5.88 Å². The number of aromatic nitrogens is 2. The highest BCUT2D eigenvalue weighted by Crippen LogP contribution is 2.54. The topological polar surface area (TPSA) is 205 Å². The minimum absolute atomic E-state index is 0.101. The molecule has 3 saturated heterocycles. The highest BCUT2D eigenvalue weighted by Gasteiger charge is 2.50. The lowest BCUT2D eigenvalue weighted by molar-refractivity contribution is -0.384. The van der Waals surface area contributed by atoms with Crippen molar-refractivity contribution in [1.82, 2.24) is 19.6 Å². The number of ether oxygens (including phenoxy) is 3. The quantitative estimate of drug-likeness (QED) is 0.0683. The smallest absolute Gasteiger partial charge is 0.293 e. The maximum Gasteiger partial charge on any atom is 0.293 e. The standard InChI is InChI=1S/C52H64N8O9S2/c1-32(2)47-38(12-23-70-47)44-30-68-22-20-58(44)36-27-52(28-36)15-18-57(19-16-52)35-4-6-39(41(25-35)59-43-24-34-10-17-53-48(34)55-50(43)69-46-11-21-67-31-45(46)59)49(61)56-71(65,66)37-5-7-40(42(26-37)60(63)64)54-29-33-8-13-51(3,62)14-9-33/h4-7,10,12,17,23-26,32-33,36,44-46,54,62H,8-9,11,13-16,18-22,27-31H2,1-3H3,(H,53,55)(H,56,61)/t33?,44-,45+,46+,51?/m0/s1. The van der Waals surface area contributed by atoms with Crippen molar-refractivity contribution in [2.75, 3.05) is 67.7 Å². The van der Waals surface area contributed by atoms with Crippen LogP contribution in [0.4, 0.5) is 28.4 Å². The van der Waals surface area contributed by atoms with E-state index in [2.05, 4.69) is 50.1 Å². The van der Waals surface area contributed by atoms with E-state index in [9.17, 15) is 28.4 Å². The first-order chi connectivity index (χ1) is 34.1. The maximum atomic E-state index is 14.7. The van der Waals surface area contributed by atoms with Crippen molar-refractivity contribution >= 4 is 66.7 Å². The maximum absolute atomic E-state index is 14.7. The first kappa shape index (κ1) is 48.0. The molecule has 2 aromatic carbocycles. The van der Waals surface area contributed by atoms with Crippen LogP contribution >= 0.6 is 11.3 Å². The average molecular weight is 1010 g/mol. The van der Waals surface area contributed by atoms with Crippen LogP contribution in [-0.2, 0) is 19.5 Å². The van der Waals surface area contributed by atoms with Crippen LogP contribution in [-0.4, -0.2) is 116 Å². The summed E-state index contributed by atoms with van der Waals surface area (Å²) in [5, 5.41) is 29.0. The molecule has 71 heavy (non-hydrogen) atoms. The van der Waals surface area contributed by atoms with Crippen molar-refractivity contribution in [2.45, 2.75) is 119 Å². The molecule has 0 bridgehead atoms. The predicted molar refractivity (Wildman–Crippen MR) is 273 cm³/mol. The minimum atomic E-state index is -4.62. The number of carbonyl (C=O) groups excluding carboxylic acids is 1. The molecule has 7 heterocycles. The number of rotatable bonds is 12. The van der Waals surface area contributed by atoms with Gasteiger partial charge in [0.15, 0.2) is 0 Å². The Morgan fingerprint density at radius 2 is 1.77 bits per heavy atom. The van der Waals surface area contributed by atoms with Crippen LogP contribution in [0, 0.1) is 21.4 Å². The third kappa shape index (κ3) is 9.37. The van der Waals surface area contributed by atoms with E-state index >= 15 is 0 Å². The number of anilines is 4. The lowest BCUT2D eigenvalue weighted by atomic mass is 9.59. The van der Waals surface area contributed by atoms with Crippen molar-refractivity contribution < 1.29 is 37.5 Å². The molecular formula is C52H64N8O9S2. The van der Waals surface area contributed by atoms with E-state index in [1.807, 2.05) is 53.6 Å². The Hall–Kier alpha value is -5.31. The molecule has 2 saturated carbocycles. The molecule has 3 aromatic heterocycles. The molecule has 378 valence electrons. The van der Waals surface area contributed by atoms with Crippen molar-refractivity contribution in [3.8, 4) is 5.88 Å². The van der Waals surface area contributed by atoms with E-state index in [-0.39, 0.29) is 40.8 Å². The summed E-state index contributed by atoms with van der Waals surface area (Å²) < 4.78 is 49.3. The van der Waals surface area contributed by atoms with Gasteiger partial charge in [-0.2, -0.15) is 4.98 Å². The van der Waals surface area contributed by atoms with Gasteiger partial charge in [-0.15, -0.1) is 11.3 Å². The number of nitrogens with one attached hydrogen (secondary N) is 3. The Labute approximate surface area is 418 Å². The fraction of sp³-hybridized carbons (Fsp3) is 0.538. The lowest BCUT2D eigenvalue weighted by Crippen LogP contribution is -2.58. The number of benzene rings is 2. The fourth-order valence-electron chi connectivity index (χ4n) is 12.2. The van der Waals surface area contributed by atoms with Gasteiger partial charge in [-0.3, -0.25) is 19.8 Å². The van der Waals surface area contributed by atoms with Gasteiger partial charge in [-0.05, 0) is 135 Å². The summed E-state index contributed by atoms with van der Waals surface area (Å²) in [6.45, 7) is 11.7. The van der Waals surface area contributed by atoms with Gasteiger partial charge < -0.3 is 39.4 Å². The third-order valence-electron chi connectivity index (χ3n) is 16.3.